The maximum Gasteiger partial charge on any atom is 0.265 e. The molecular weight excluding hydrogens is 439 g/mol. The van der Waals surface area contributed by atoms with E-state index in [1.54, 1.807) is 41.3 Å². The fourth-order valence-corrected chi connectivity index (χ4v) is 3.62. The molecule has 158 valence electrons. The molecule has 0 fully saturated rings. The highest BCUT2D eigenvalue weighted by atomic mass is 35.5. The van der Waals surface area contributed by atoms with Crippen LogP contribution in [0.5, 0.6) is 11.5 Å². The van der Waals surface area contributed by atoms with Crippen LogP contribution in [0.1, 0.15) is 5.56 Å². The van der Waals surface area contributed by atoms with Crippen LogP contribution in [0.15, 0.2) is 66.7 Å². The molecule has 1 heterocycles. The van der Waals surface area contributed by atoms with E-state index < -0.39 is 0 Å². The lowest BCUT2D eigenvalue weighted by molar-refractivity contribution is -0.121. The second-order valence-electron chi connectivity index (χ2n) is 6.85. The van der Waals surface area contributed by atoms with Crippen LogP contribution in [0.4, 0.5) is 11.4 Å². The lowest BCUT2D eigenvalue weighted by Crippen LogP contribution is -2.38. The van der Waals surface area contributed by atoms with Crippen LogP contribution in [0.3, 0.4) is 0 Å². The fraction of sp³-hybridized carbons (Fsp3) is 0.130. The number of hydrogen-bond donors (Lipinski definition) is 1. The molecule has 0 unspecified atom stereocenters. The third-order valence-electron chi connectivity index (χ3n) is 4.62. The molecule has 8 heteroatoms. The standard InChI is InChI=1S/C23H18Cl2N2O4/c24-16-6-9-20(18(25)10-16)30-13-22(28)26-17-7-8-19-21(11-17)31-14-23(29)27(19)12-15-4-2-1-3-5-15/h1-11H,12-14H2,(H,26,28). The Morgan fingerprint density at radius 1 is 1.06 bits per heavy atom. The SMILES string of the molecule is O=C(COc1ccc(Cl)cc1Cl)Nc1ccc2c(c1)OCC(=O)N2Cc1ccccc1. The average molecular weight is 457 g/mol. The minimum atomic E-state index is -0.362. The van der Waals surface area contributed by atoms with Crippen molar-refractivity contribution in [3.8, 4) is 11.5 Å². The Balaban J connectivity index is 1.42. The summed E-state index contributed by atoms with van der Waals surface area (Å²) < 4.78 is 11.0. The number of carbonyl (C=O) groups excluding carboxylic acids is 2. The van der Waals surface area contributed by atoms with Crippen molar-refractivity contribution in [3.63, 3.8) is 0 Å². The monoisotopic (exact) mass is 456 g/mol. The number of halogens is 2. The molecule has 3 aromatic rings. The predicted molar refractivity (Wildman–Crippen MR) is 120 cm³/mol. The second-order valence-corrected chi connectivity index (χ2v) is 7.69. The first-order chi connectivity index (χ1) is 15.0. The number of hydrogen-bond acceptors (Lipinski definition) is 4. The number of amides is 2. The lowest BCUT2D eigenvalue weighted by Gasteiger charge is -2.29. The first-order valence-electron chi connectivity index (χ1n) is 9.48. The Morgan fingerprint density at radius 2 is 1.87 bits per heavy atom. The maximum absolute atomic E-state index is 12.4. The van der Waals surface area contributed by atoms with Gasteiger partial charge in [0.15, 0.2) is 13.2 Å². The molecule has 0 radical (unpaired) electrons. The van der Waals surface area contributed by atoms with Gasteiger partial charge < -0.3 is 19.7 Å². The number of rotatable bonds is 6. The molecule has 0 spiro atoms. The Morgan fingerprint density at radius 3 is 2.65 bits per heavy atom. The van der Waals surface area contributed by atoms with Gasteiger partial charge in [-0.15, -0.1) is 0 Å². The number of carbonyl (C=O) groups is 2. The van der Waals surface area contributed by atoms with E-state index in [9.17, 15) is 9.59 Å². The Hall–Kier alpha value is -3.22. The molecule has 0 aromatic heterocycles. The largest absolute Gasteiger partial charge is 0.482 e. The molecule has 1 aliphatic rings. The number of fused-ring (bicyclic) bond motifs is 1. The number of benzene rings is 3. The molecule has 3 aromatic carbocycles. The Kier molecular flexibility index (Phi) is 6.30. The summed E-state index contributed by atoms with van der Waals surface area (Å²) in [6, 6.07) is 19.6. The van der Waals surface area contributed by atoms with Gasteiger partial charge in [0, 0.05) is 16.8 Å². The molecule has 6 nitrogen and oxygen atoms in total. The maximum atomic E-state index is 12.4. The van der Waals surface area contributed by atoms with E-state index in [1.807, 2.05) is 30.3 Å². The van der Waals surface area contributed by atoms with Crippen molar-refractivity contribution in [2.45, 2.75) is 6.54 Å². The quantitative estimate of drug-likeness (QED) is 0.570. The van der Waals surface area contributed by atoms with Crippen LogP contribution < -0.4 is 19.7 Å². The van der Waals surface area contributed by atoms with Crippen molar-refractivity contribution >= 4 is 46.4 Å². The molecule has 0 atom stereocenters. The van der Waals surface area contributed by atoms with Crippen molar-refractivity contribution in [2.24, 2.45) is 0 Å². The Labute approximate surface area is 189 Å². The summed E-state index contributed by atoms with van der Waals surface area (Å²) in [4.78, 5) is 26.3. The molecule has 0 bridgehead atoms. The van der Waals surface area contributed by atoms with Gasteiger partial charge in [-0.25, -0.2) is 0 Å². The zero-order valence-electron chi connectivity index (χ0n) is 16.3. The highest BCUT2D eigenvalue weighted by Crippen LogP contribution is 2.35. The van der Waals surface area contributed by atoms with E-state index in [1.165, 1.54) is 0 Å². The third kappa shape index (κ3) is 5.10. The van der Waals surface area contributed by atoms with Gasteiger partial charge >= 0.3 is 0 Å². The molecule has 1 aliphatic heterocycles. The smallest absolute Gasteiger partial charge is 0.265 e. The van der Waals surface area contributed by atoms with E-state index in [4.69, 9.17) is 32.7 Å². The number of ether oxygens (including phenoxy) is 2. The third-order valence-corrected chi connectivity index (χ3v) is 5.15. The average Bonchev–Trinajstić information content (AvgIpc) is 2.76. The molecule has 2 amide bonds. The molecule has 0 aliphatic carbocycles. The van der Waals surface area contributed by atoms with E-state index in [0.717, 1.165) is 5.56 Å². The van der Waals surface area contributed by atoms with Gasteiger partial charge in [0.25, 0.3) is 11.8 Å². The first-order valence-corrected chi connectivity index (χ1v) is 10.2. The van der Waals surface area contributed by atoms with Gasteiger partial charge in [-0.2, -0.15) is 0 Å². The Bertz CT molecular complexity index is 1120. The molecule has 4 rings (SSSR count). The second kappa shape index (κ2) is 9.29. The van der Waals surface area contributed by atoms with Gasteiger partial charge in [0.2, 0.25) is 0 Å². The van der Waals surface area contributed by atoms with Crippen LogP contribution in [-0.4, -0.2) is 25.0 Å². The zero-order chi connectivity index (χ0) is 21.8. The van der Waals surface area contributed by atoms with Crippen molar-refractivity contribution in [1.82, 2.24) is 0 Å². The topological polar surface area (TPSA) is 67.9 Å². The summed E-state index contributed by atoms with van der Waals surface area (Å²) in [6.07, 6.45) is 0. The summed E-state index contributed by atoms with van der Waals surface area (Å²) in [6.45, 7) is 0.157. The fourth-order valence-electron chi connectivity index (χ4n) is 3.15. The van der Waals surface area contributed by atoms with Crippen molar-refractivity contribution in [1.29, 1.82) is 0 Å². The number of anilines is 2. The molecule has 0 saturated carbocycles. The minimum absolute atomic E-state index is 0.0601. The normalized spacial score (nSPS) is 12.7. The van der Waals surface area contributed by atoms with Crippen LogP contribution >= 0.6 is 23.2 Å². The molecule has 31 heavy (non-hydrogen) atoms. The van der Waals surface area contributed by atoms with Crippen LogP contribution in [0.2, 0.25) is 10.0 Å². The summed E-state index contributed by atoms with van der Waals surface area (Å²) in [5.74, 6) is 0.403. The van der Waals surface area contributed by atoms with E-state index in [-0.39, 0.29) is 25.0 Å². The minimum Gasteiger partial charge on any atom is -0.482 e. The number of nitrogens with zero attached hydrogens (tertiary/aromatic N) is 1. The van der Waals surface area contributed by atoms with Crippen molar-refractivity contribution in [3.05, 3.63) is 82.3 Å². The van der Waals surface area contributed by atoms with E-state index >= 15 is 0 Å². The first kappa shape index (κ1) is 21.0. The summed E-state index contributed by atoms with van der Waals surface area (Å²) in [7, 11) is 0. The van der Waals surface area contributed by atoms with Crippen LogP contribution in [0.25, 0.3) is 0 Å². The number of nitrogens with one attached hydrogen (secondary N) is 1. The van der Waals surface area contributed by atoms with Crippen molar-refractivity contribution < 1.29 is 19.1 Å². The highest BCUT2D eigenvalue weighted by Gasteiger charge is 2.26. The molecular formula is C23H18Cl2N2O4. The van der Waals surface area contributed by atoms with E-state index in [0.29, 0.717) is 39.5 Å². The molecule has 1 N–H and O–H groups in total. The zero-order valence-corrected chi connectivity index (χ0v) is 17.8. The van der Waals surface area contributed by atoms with Gasteiger partial charge in [0.05, 0.1) is 17.3 Å². The van der Waals surface area contributed by atoms with Gasteiger partial charge in [-0.1, -0.05) is 53.5 Å². The van der Waals surface area contributed by atoms with Gasteiger partial charge in [-0.3, -0.25) is 9.59 Å². The van der Waals surface area contributed by atoms with Crippen molar-refractivity contribution in [2.75, 3.05) is 23.4 Å². The summed E-state index contributed by atoms with van der Waals surface area (Å²) in [5, 5.41) is 3.56. The van der Waals surface area contributed by atoms with E-state index in [2.05, 4.69) is 5.32 Å². The lowest BCUT2D eigenvalue weighted by atomic mass is 10.1. The predicted octanol–water partition coefficient (Wildman–Crippen LogP) is 4.94. The highest BCUT2D eigenvalue weighted by molar-refractivity contribution is 6.35. The van der Waals surface area contributed by atoms with Crippen LogP contribution in [0, 0.1) is 0 Å². The summed E-state index contributed by atoms with van der Waals surface area (Å²) in [5.41, 5.74) is 2.20. The molecule has 0 saturated heterocycles. The summed E-state index contributed by atoms with van der Waals surface area (Å²) >= 11 is 11.9. The van der Waals surface area contributed by atoms with Crippen LogP contribution in [-0.2, 0) is 16.1 Å². The van der Waals surface area contributed by atoms with Gasteiger partial charge in [0.1, 0.15) is 11.5 Å². The van der Waals surface area contributed by atoms with Gasteiger partial charge in [-0.05, 0) is 35.9 Å².